The molecule has 2 aliphatic heterocycles. The Morgan fingerprint density at radius 1 is 0.745 bits per heavy atom. The monoisotopic (exact) mass is 780 g/mol. The highest BCUT2D eigenvalue weighted by Gasteiger charge is 2.69. The van der Waals surface area contributed by atoms with E-state index in [1.54, 1.807) is 6.92 Å². The van der Waals surface area contributed by atoms with Crippen LogP contribution in [0.5, 0.6) is 0 Å². The standard InChI is InChI=1S/C42H68O13/c1-21-29(47)34(55-35-32(50)31(49)30(48)24(18-43)53-35)33(51)36(52-21)54-28-11-12-38(4)25(39(28,5)19-44)10-13-40(6)26(38)9-8-22-23-16-37(2,3)14-15-42(23,20-45)27(46)17-41(22,40)7/h8-9,21,24-36,43-51H,10-20H2,1-7H3/t21-,24-,25-,26-,27+,28+,29+,30-,31+,32-,33-,34+,35+,36+,38+,39+,40-,41+,42-/m1/s1. The zero-order valence-electron chi connectivity index (χ0n) is 33.7. The maximum Gasteiger partial charge on any atom is 0.187 e. The zero-order chi connectivity index (χ0) is 40.3. The number of rotatable bonds is 7. The number of aliphatic hydroxyl groups excluding tert-OH is 9. The Morgan fingerprint density at radius 3 is 2.09 bits per heavy atom. The normalized spacial score (nSPS) is 54.9. The molecule has 13 heteroatoms. The molecule has 0 radical (unpaired) electrons. The van der Waals surface area contributed by atoms with Gasteiger partial charge in [0.2, 0.25) is 0 Å². The van der Waals surface area contributed by atoms with E-state index in [9.17, 15) is 46.0 Å². The summed E-state index contributed by atoms with van der Waals surface area (Å²) in [6.45, 7) is 14.4. The number of hydrogen-bond acceptors (Lipinski definition) is 13. The molecule has 55 heavy (non-hydrogen) atoms. The number of fused-ring (bicyclic) bond motifs is 6. The molecule has 5 fully saturated rings. The van der Waals surface area contributed by atoms with Crippen molar-refractivity contribution >= 4 is 0 Å². The van der Waals surface area contributed by atoms with Gasteiger partial charge in [0.25, 0.3) is 0 Å². The number of allylic oxidation sites excluding steroid dienone is 3. The fourth-order valence-corrected chi connectivity index (χ4v) is 13.0. The van der Waals surface area contributed by atoms with Gasteiger partial charge in [-0.25, -0.2) is 0 Å². The first-order chi connectivity index (χ1) is 25.7. The second-order valence-corrected chi connectivity index (χ2v) is 20.3. The molecule has 2 heterocycles. The summed E-state index contributed by atoms with van der Waals surface area (Å²) >= 11 is 0. The summed E-state index contributed by atoms with van der Waals surface area (Å²) in [4.78, 5) is 0. The van der Waals surface area contributed by atoms with Gasteiger partial charge in [-0.2, -0.15) is 0 Å². The van der Waals surface area contributed by atoms with Crippen LogP contribution in [0.15, 0.2) is 23.3 Å². The average molecular weight is 781 g/mol. The van der Waals surface area contributed by atoms with Gasteiger partial charge < -0.3 is 64.9 Å². The highest BCUT2D eigenvalue weighted by atomic mass is 16.7. The number of ether oxygens (including phenoxy) is 4. The highest BCUT2D eigenvalue weighted by molar-refractivity contribution is 5.47. The third kappa shape index (κ3) is 6.12. The molecule has 13 nitrogen and oxygen atoms in total. The van der Waals surface area contributed by atoms with E-state index in [0.717, 1.165) is 38.5 Å². The summed E-state index contributed by atoms with van der Waals surface area (Å²) in [6.07, 6.45) is -4.63. The van der Waals surface area contributed by atoms with E-state index in [1.807, 2.05) is 6.92 Å². The SMILES string of the molecule is C[C@H]1O[C@@H](O[C@H]2CC[C@@]3(C)[C@@H](CC[C@]4(C)[C@@H]3C=CC3=C5CC(C)(C)CC[C@]5(CO)[C@@H](O)C[C@@]34C)[C@]2(C)CO)[C@H](O)[C@@H](O[C@@H]2O[C@H](CO)[C@@H](O)[C@H](O)[C@H]2O)[C@H]1O. The van der Waals surface area contributed by atoms with E-state index in [1.165, 1.54) is 11.1 Å². The van der Waals surface area contributed by atoms with Gasteiger partial charge in [-0.3, -0.25) is 0 Å². The predicted molar refractivity (Wildman–Crippen MR) is 199 cm³/mol. The van der Waals surface area contributed by atoms with Crippen LogP contribution >= 0.6 is 0 Å². The van der Waals surface area contributed by atoms with Gasteiger partial charge in [-0.1, -0.05) is 59.3 Å². The maximum atomic E-state index is 12.0. The van der Waals surface area contributed by atoms with Crippen molar-refractivity contribution < 1.29 is 64.9 Å². The highest BCUT2D eigenvalue weighted by Crippen LogP contribution is 2.74. The van der Waals surface area contributed by atoms with Crippen LogP contribution in [0, 0.1) is 44.3 Å². The van der Waals surface area contributed by atoms with Gasteiger partial charge in [-0.15, -0.1) is 0 Å². The number of hydrogen-bond donors (Lipinski definition) is 9. The molecular weight excluding hydrogens is 712 g/mol. The van der Waals surface area contributed by atoms with E-state index >= 15 is 0 Å². The molecule has 9 N–H and O–H groups in total. The molecular formula is C42H68O13. The fourth-order valence-electron chi connectivity index (χ4n) is 13.0. The Morgan fingerprint density at radius 2 is 1.44 bits per heavy atom. The molecule has 5 aliphatic carbocycles. The smallest absolute Gasteiger partial charge is 0.187 e. The Bertz CT molecular complexity index is 1500. The molecule has 0 bridgehead atoms. The van der Waals surface area contributed by atoms with Crippen LogP contribution in [0.25, 0.3) is 0 Å². The van der Waals surface area contributed by atoms with Crippen LogP contribution in [-0.4, -0.2) is 139 Å². The van der Waals surface area contributed by atoms with Crippen molar-refractivity contribution in [1.82, 2.24) is 0 Å². The minimum atomic E-state index is -1.73. The minimum Gasteiger partial charge on any atom is -0.396 e. The topological polar surface area (TPSA) is 219 Å². The summed E-state index contributed by atoms with van der Waals surface area (Å²) in [5, 5.41) is 97.6. The summed E-state index contributed by atoms with van der Waals surface area (Å²) in [5.41, 5.74) is 0.476. The molecule has 0 spiro atoms. The first kappa shape index (κ1) is 42.1. The van der Waals surface area contributed by atoms with Gasteiger partial charge >= 0.3 is 0 Å². The van der Waals surface area contributed by atoms with E-state index < -0.39 is 91.1 Å². The molecule has 314 valence electrons. The second-order valence-electron chi connectivity index (χ2n) is 20.3. The van der Waals surface area contributed by atoms with Crippen LogP contribution < -0.4 is 0 Å². The second kappa shape index (κ2) is 14.3. The zero-order valence-corrected chi connectivity index (χ0v) is 33.7. The van der Waals surface area contributed by atoms with Gasteiger partial charge in [0.15, 0.2) is 12.6 Å². The molecule has 0 amide bonds. The predicted octanol–water partition coefficient (Wildman–Crippen LogP) is 1.68. The Hall–Kier alpha value is -1.04. The molecule has 2 saturated heterocycles. The lowest BCUT2D eigenvalue weighted by atomic mass is 9.35. The van der Waals surface area contributed by atoms with E-state index in [4.69, 9.17) is 18.9 Å². The molecule has 0 aromatic heterocycles. The average Bonchev–Trinajstić information content (AvgIpc) is 3.13. The molecule has 7 aliphatic rings. The Labute approximate surface area is 325 Å². The first-order valence-electron chi connectivity index (χ1n) is 20.6. The number of aliphatic hydroxyl groups is 9. The molecule has 3 saturated carbocycles. The van der Waals surface area contributed by atoms with Gasteiger partial charge in [0.05, 0.1) is 38.1 Å². The van der Waals surface area contributed by atoms with Crippen molar-refractivity contribution in [2.45, 2.75) is 173 Å². The van der Waals surface area contributed by atoms with E-state index in [0.29, 0.717) is 12.8 Å². The van der Waals surface area contributed by atoms with E-state index in [2.05, 4.69) is 46.8 Å². The van der Waals surface area contributed by atoms with Crippen molar-refractivity contribution in [3.8, 4) is 0 Å². The third-order valence-electron chi connectivity index (χ3n) is 16.8. The van der Waals surface area contributed by atoms with Gasteiger partial charge in [-0.05, 0) is 91.9 Å². The summed E-state index contributed by atoms with van der Waals surface area (Å²) in [5.74, 6) is 0.154. The van der Waals surface area contributed by atoms with E-state index in [-0.39, 0.29) is 46.7 Å². The lowest BCUT2D eigenvalue weighted by molar-refractivity contribution is -0.367. The summed E-state index contributed by atoms with van der Waals surface area (Å²) < 4.78 is 24.0. The van der Waals surface area contributed by atoms with Crippen LogP contribution in [0.1, 0.15) is 99.8 Å². The van der Waals surface area contributed by atoms with Crippen molar-refractivity contribution in [2.24, 2.45) is 44.3 Å². The molecule has 0 unspecified atom stereocenters. The fraction of sp³-hybridized carbons (Fsp3) is 0.905. The Kier molecular flexibility index (Phi) is 11.0. The Balaban J connectivity index is 1.15. The van der Waals surface area contributed by atoms with Crippen LogP contribution in [-0.2, 0) is 18.9 Å². The van der Waals surface area contributed by atoms with Crippen molar-refractivity contribution in [2.75, 3.05) is 19.8 Å². The molecule has 0 aromatic carbocycles. The first-order valence-corrected chi connectivity index (χ1v) is 20.6. The lowest BCUT2D eigenvalue weighted by Gasteiger charge is -2.70. The molecule has 19 atom stereocenters. The minimum absolute atomic E-state index is 0.0212. The summed E-state index contributed by atoms with van der Waals surface area (Å²) in [6, 6.07) is 0. The van der Waals surface area contributed by atoms with Crippen LogP contribution in [0.4, 0.5) is 0 Å². The molecule has 0 aromatic rings. The van der Waals surface area contributed by atoms with Crippen molar-refractivity contribution in [1.29, 1.82) is 0 Å². The maximum absolute atomic E-state index is 12.0. The van der Waals surface area contributed by atoms with Crippen LogP contribution in [0.3, 0.4) is 0 Å². The third-order valence-corrected chi connectivity index (χ3v) is 16.8. The van der Waals surface area contributed by atoms with Crippen molar-refractivity contribution in [3.63, 3.8) is 0 Å². The molecule has 7 rings (SSSR count). The summed E-state index contributed by atoms with van der Waals surface area (Å²) in [7, 11) is 0. The lowest BCUT2D eigenvalue weighted by Crippen LogP contribution is -2.67. The van der Waals surface area contributed by atoms with Crippen molar-refractivity contribution in [3.05, 3.63) is 23.3 Å². The van der Waals surface area contributed by atoms with Crippen LogP contribution in [0.2, 0.25) is 0 Å². The quantitative estimate of drug-likeness (QED) is 0.168. The largest absolute Gasteiger partial charge is 0.396 e. The van der Waals surface area contributed by atoms with Gasteiger partial charge in [0, 0.05) is 16.2 Å². The van der Waals surface area contributed by atoms with Gasteiger partial charge in [0.1, 0.15) is 42.7 Å².